The SMILES string of the molecule is Cc1cccc(N(c2ccccc2)c2ccc3cc4c5ccc(N(c6ccccc6)c6cccc(C(F)(F)F)c6)cc5n(-c5ccc6ccccc6c5)c4cc3c2)c1. The van der Waals surface area contributed by atoms with Crippen molar-refractivity contribution in [2.24, 2.45) is 0 Å². The number of nitrogens with zero attached hydrogens (tertiary/aromatic N) is 3. The summed E-state index contributed by atoms with van der Waals surface area (Å²) in [7, 11) is 0. The van der Waals surface area contributed by atoms with Gasteiger partial charge in [-0.2, -0.15) is 13.2 Å². The van der Waals surface area contributed by atoms with Crippen molar-refractivity contribution in [2.75, 3.05) is 9.80 Å². The first-order valence-corrected chi connectivity index (χ1v) is 19.2. The topological polar surface area (TPSA) is 11.4 Å². The van der Waals surface area contributed by atoms with Gasteiger partial charge in [0, 0.05) is 50.6 Å². The Balaban J connectivity index is 1.22. The predicted molar refractivity (Wildman–Crippen MR) is 235 cm³/mol. The monoisotopic (exact) mass is 759 g/mol. The second-order valence-electron chi connectivity index (χ2n) is 14.7. The predicted octanol–water partition coefficient (Wildman–Crippen LogP) is 15.4. The molecule has 0 N–H and O–H groups in total. The number of anilines is 6. The normalized spacial score (nSPS) is 11.8. The summed E-state index contributed by atoms with van der Waals surface area (Å²) < 4.78 is 44.5. The molecule has 0 atom stereocenters. The molecule has 0 amide bonds. The minimum atomic E-state index is -4.48. The standard InChI is InChI=1S/C52H36F3N3/c1-35-12-10-20-43(28-35)56(41-16-4-2-5-17-41)45-25-23-38-31-49-48-27-26-47(57(42-18-6-3-7-19-42)44-21-11-15-40(33-44)52(53,54)55)34-51(48)58(50(49)32-39(38)30-45)46-24-22-36-13-8-9-14-37(36)29-46/h2-34H,1H3. The van der Waals surface area contributed by atoms with Gasteiger partial charge in [-0.15, -0.1) is 0 Å². The third kappa shape index (κ3) is 6.29. The Labute approximate surface area is 334 Å². The Morgan fingerprint density at radius 3 is 1.64 bits per heavy atom. The van der Waals surface area contributed by atoms with Crippen molar-refractivity contribution >= 4 is 77.5 Å². The van der Waals surface area contributed by atoms with Crippen LogP contribution in [0.2, 0.25) is 0 Å². The van der Waals surface area contributed by atoms with E-state index in [9.17, 15) is 13.2 Å². The summed E-state index contributed by atoms with van der Waals surface area (Å²) in [5, 5.41) is 6.56. The zero-order valence-electron chi connectivity index (χ0n) is 31.5. The summed E-state index contributed by atoms with van der Waals surface area (Å²) in [4.78, 5) is 4.18. The molecule has 0 spiro atoms. The van der Waals surface area contributed by atoms with Gasteiger partial charge in [0.15, 0.2) is 0 Å². The van der Waals surface area contributed by atoms with E-state index in [1.165, 1.54) is 17.7 Å². The summed E-state index contributed by atoms with van der Waals surface area (Å²) in [5.74, 6) is 0. The Morgan fingerprint density at radius 2 is 0.931 bits per heavy atom. The van der Waals surface area contributed by atoms with Gasteiger partial charge in [0.1, 0.15) is 0 Å². The zero-order valence-corrected chi connectivity index (χ0v) is 31.5. The van der Waals surface area contributed by atoms with Gasteiger partial charge < -0.3 is 14.4 Å². The van der Waals surface area contributed by atoms with Crippen LogP contribution in [0, 0.1) is 6.92 Å². The number of para-hydroxylation sites is 2. The van der Waals surface area contributed by atoms with Crippen LogP contribution in [0.4, 0.5) is 47.3 Å². The maximum Gasteiger partial charge on any atom is 0.416 e. The average molecular weight is 760 g/mol. The lowest BCUT2D eigenvalue weighted by Gasteiger charge is -2.26. The Bertz CT molecular complexity index is 3130. The summed E-state index contributed by atoms with van der Waals surface area (Å²) >= 11 is 0. The van der Waals surface area contributed by atoms with Crippen LogP contribution in [0.1, 0.15) is 11.1 Å². The van der Waals surface area contributed by atoms with Crippen LogP contribution in [0.5, 0.6) is 0 Å². The zero-order chi connectivity index (χ0) is 39.4. The lowest BCUT2D eigenvalue weighted by Crippen LogP contribution is -2.12. The highest BCUT2D eigenvalue weighted by molar-refractivity contribution is 6.15. The number of aromatic nitrogens is 1. The molecule has 58 heavy (non-hydrogen) atoms. The molecule has 6 heteroatoms. The molecule has 0 fully saturated rings. The number of aryl methyl sites for hydroxylation is 1. The molecule has 10 aromatic rings. The molecule has 280 valence electrons. The van der Waals surface area contributed by atoms with Gasteiger partial charge in [0.25, 0.3) is 0 Å². The molecule has 1 aromatic heterocycles. The smallest absolute Gasteiger partial charge is 0.310 e. The first-order chi connectivity index (χ1) is 28.3. The molecule has 0 saturated heterocycles. The van der Waals surface area contributed by atoms with Gasteiger partial charge in [0.2, 0.25) is 0 Å². The van der Waals surface area contributed by atoms with Gasteiger partial charge in [-0.05, 0) is 137 Å². The van der Waals surface area contributed by atoms with Crippen molar-refractivity contribution < 1.29 is 13.2 Å². The molecule has 0 radical (unpaired) electrons. The van der Waals surface area contributed by atoms with E-state index in [1.54, 1.807) is 6.07 Å². The maximum absolute atomic E-state index is 14.1. The third-order valence-corrected chi connectivity index (χ3v) is 10.9. The molecule has 1 heterocycles. The van der Waals surface area contributed by atoms with E-state index in [4.69, 9.17) is 0 Å². The molecule has 9 aromatic carbocycles. The fraction of sp³-hybridized carbons (Fsp3) is 0.0385. The Kier molecular flexibility index (Phi) is 8.49. The lowest BCUT2D eigenvalue weighted by molar-refractivity contribution is -0.137. The molecule has 0 bridgehead atoms. The third-order valence-electron chi connectivity index (χ3n) is 10.9. The Morgan fingerprint density at radius 1 is 0.379 bits per heavy atom. The molecule has 0 aliphatic rings. The molecular weight excluding hydrogens is 724 g/mol. The van der Waals surface area contributed by atoms with Crippen molar-refractivity contribution in [3.63, 3.8) is 0 Å². The Hall–Kier alpha value is -7.31. The van der Waals surface area contributed by atoms with E-state index in [2.05, 4.69) is 138 Å². The van der Waals surface area contributed by atoms with Crippen LogP contribution in [0.15, 0.2) is 200 Å². The van der Waals surface area contributed by atoms with E-state index in [-0.39, 0.29) is 0 Å². The number of hydrogen-bond acceptors (Lipinski definition) is 2. The lowest BCUT2D eigenvalue weighted by atomic mass is 10.0. The van der Waals surface area contributed by atoms with Gasteiger partial charge in [-0.3, -0.25) is 0 Å². The maximum atomic E-state index is 14.1. The quantitative estimate of drug-likeness (QED) is 0.160. The largest absolute Gasteiger partial charge is 0.416 e. The minimum absolute atomic E-state index is 0.420. The summed E-state index contributed by atoms with van der Waals surface area (Å²) in [5.41, 5.74) is 8.54. The fourth-order valence-corrected chi connectivity index (χ4v) is 8.25. The van der Waals surface area contributed by atoms with E-state index >= 15 is 0 Å². The summed E-state index contributed by atoms with van der Waals surface area (Å²) in [6.07, 6.45) is -4.48. The first-order valence-electron chi connectivity index (χ1n) is 19.2. The summed E-state index contributed by atoms with van der Waals surface area (Å²) in [6, 6.07) is 66.2. The van der Waals surface area contributed by atoms with Gasteiger partial charge >= 0.3 is 6.18 Å². The molecule has 0 saturated carbocycles. The van der Waals surface area contributed by atoms with E-state index in [0.717, 1.165) is 83.5 Å². The first kappa shape index (κ1) is 35.1. The molecular formula is C52H36F3N3. The van der Waals surface area contributed by atoms with Gasteiger partial charge in [-0.1, -0.05) is 97.1 Å². The summed E-state index contributed by atoms with van der Waals surface area (Å²) in [6.45, 7) is 2.11. The van der Waals surface area contributed by atoms with Gasteiger partial charge in [0.05, 0.1) is 16.6 Å². The van der Waals surface area contributed by atoms with E-state index in [0.29, 0.717) is 5.69 Å². The molecule has 10 rings (SSSR count). The molecule has 3 nitrogen and oxygen atoms in total. The second-order valence-corrected chi connectivity index (χ2v) is 14.7. The van der Waals surface area contributed by atoms with Crippen LogP contribution in [0.3, 0.4) is 0 Å². The average Bonchev–Trinajstić information content (AvgIpc) is 3.55. The fourth-order valence-electron chi connectivity index (χ4n) is 8.25. The molecule has 0 aliphatic carbocycles. The van der Waals surface area contributed by atoms with Crippen LogP contribution in [0.25, 0.3) is 49.0 Å². The van der Waals surface area contributed by atoms with Gasteiger partial charge in [-0.25, -0.2) is 0 Å². The molecule has 0 aliphatic heterocycles. The minimum Gasteiger partial charge on any atom is -0.310 e. The van der Waals surface area contributed by atoms with Crippen molar-refractivity contribution in [3.8, 4) is 5.69 Å². The van der Waals surface area contributed by atoms with Crippen LogP contribution >= 0.6 is 0 Å². The number of benzene rings is 9. The van der Waals surface area contributed by atoms with Crippen LogP contribution in [-0.2, 0) is 6.18 Å². The highest BCUT2D eigenvalue weighted by Crippen LogP contribution is 2.43. The van der Waals surface area contributed by atoms with Crippen molar-refractivity contribution in [3.05, 3.63) is 211 Å². The number of hydrogen-bond donors (Lipinski definition) is 0. The number of rotatable bonds is 7. The molecule has 0 unspecified atom stereocenters. The second kappa shape index (κ2) is 14.0. The number of fused-ring (bicyclic) bond motifs is 5. The van der Waals surface area contributed by atoms with Crippen molar-refractivity contribution in [1.29, 1.82) is 0 Å². The number of halogens is 3. The van der Waals surface area contributed by atoms with E-state index < -0.39 is 11.7 Å². The highest BCUT2D eigenvalue weighted by Gasteiger charge is 2.31. The van der Waals surface area contributed by atoms with Crippen LogP contribution < -0.4 is 9.80 Å². The van der Waals surface area contributed by atoms with Crippen molar-refractivity contribution in [1.82, 2.24) is 4.57 Å². The van der Waals surface area contributed by atoms with Crippen molar-refractivity contribution in [2.45, 2.75) is 13.1 Å². The van der Waals surface area contributed by atoms with Crippen LogP contribution in [-0.4, -0.2) is 4.57 Å². The highest BCUT2D eigenvalue weighted by atomic mass is 19.4. The number of alkyl halides is 3. The van der Waals surface area contributed by atoms with E-state index in [1.807, 2.05) is 59.5 Å².